The SMILES string of the molecule is c1ccc(-n2c3cc([Si](c4ccccc4)(c4ccccc4)c4ccccc4)ccc3c3c4c5ccccc5c5ccccc5c4ccc32)cc1. The Kier molecular flexibility index (Phi) is 6.58. The van der Waals surface area contributed by atoms with E-state index in [1.54, 1.807) is 0 Å². The van der Waals surface area contributed by atoms with Crippen molar-refractivity contribution in [3.05, 3.63) is 200 Å². The Morgan fingerprint density at radius 3 is 1.24 bits per heavy atom. The minimum Gasteiger partial charge on any atom is -0.309 e. The second kappa shape index (κ2) is 11.4. The summed E-state index contributed by atoms with van der Waals surface area (Å²) in [6.45, 7) is 0. The molecule has 0 unspecified atom stereocenters. The summed E-state index contributed by atoms with van der Waals surface area (Å²) in [5.41, 5.74) is 3.62. The zero-order valence-electron chi connectivity index (χ0n) is 27.5. The third kappa shape index (κ3) is 4.12. The van der Waals surface area contributed by atoms with Gasteiger partial charge in [-0.15, -0.1) is 0 Å². The molecule has 1 nitrogen and oxygen atoms in total. The maximum absolute atomic E-state index is 2.74. The number of fused-ring (bicyclic) bond motifs is 10. The molecule has 0 fully saturated rings. The highest BCUT2D eigenvalue weighted by Gasteiger charge is 2.41. The quantitative estimate of drug-likeness (QED) is 0.0993. The second-order valence-corrected chi connectivity index (χ2v) is 17.0. The molecule has 1 aromatic heterocycles. The fourth-order valence-electron chi connectivity index (χ4n) is 8.65. The van der Waals surface area contributed by atoms with Crippen LogP contribution in [0, 0.1) is 0 Å². The summed E-state index contributed by atoms with van der Waals surface area (Å²) in [5, 5.41) is 15.9. The Morgan fingerprint density at radius 2 is 0.700 bits per heavy atom. The molecule has 10 rings (SSSR count). The van der Waals surface area contributed by atoms with Crippen LogP contribution in [-0.2, 0) is 0 Å². The molecule has 0 radical (unpaired) electrons. The van der Waals surface area contributed by atoms with Gasteiger partial charge in [0, 0.05) is 21.8 Å². The molecule has 0 N–H and O–H groups in total. The first-order valence-corrected chi connectivity index (χ1v) is 19.4. The van der Waals surface area contributed by atoms with Crippen molar-refractivity contribution in [1.82, 2.24) is 4.57 Å². The zero-order chi connectivity index (χ0) is 33.1. The topological polar surface area (TPSA) is 4.93 Å². The molecular formula is C48H33NSi. The van der Waals surface area contributed by atoms with E-state index in [4.69, 9.17) is 0 Å². The molecule has 9 aromatic carbocycles. The molecule has 0 amide bonds. The Hall–Kier alpha value is -6.22. The fourth-order valence-corrected chi connectivity index (χ4v) is 13.4. The summed E-state index contributed by atoms with van der Waals surface area (Å²) >= 11 is 0. The van der Waals surface area contributed by atoms with Gasteiger partial charge in [0.25, 0.3) is 0 Å². The van der Waals surface area contributed by atoms with Crippen molar-refractivity contribution in [2.75, 3.05) is 0 Å². The van der Waals surface area contributed by atoms with Gasteiger partial charge in [-0.25, -0.2) is 0 Å². The largest absolute Gasteiger partial charge is 0.309 e. The van der Waals surface area contributed by atoms with Gasteiger partial charge in [0.1, 0.15) is 0 Å². The predicted octanol–water partition coefficient (Wildman–Crippen LogP) is 9.62. The van der Waals surface area contributed by atoms with Crippen LogP contribution in [0.2, 0.25) is 0 Å². The Labute approximate surface area is 292 Å². The molecule has 0 spiro atoms. The summed E-state index contributed by atoms with van der Waals surface area (Å²) in [5.74, 6) is 0. The van der Waals surface area contributed by atoms with Crippen LogP contribution in [-0.4, -0.2) is 12.6 Å². The van der Waals surface area contributed by atoms with Gasteiger partial charge >= 0.3 is 0 Å². The highest BCUT2D eigenvalue weighted by Crippen LogP contribution is 2.43. The van der Waals surface area contributed by atoms with Gasteiger partial charge in [-0.3, -0.25) is 0 Å². The van der Waals surface area contributed by atoms with Crippen LogP contribution in [0.5, 0.6) is 0 Å². The molecule has 1 heterocycles. The van der Waals surface area contributed by atoms with E-state index in [0.717, 1.165) is 0 Å². The molecule has 0 atom stereocenters. The summed E-state index contributed by atoms with van der Waals surface area (Å²) < 4.78 is 2.50. The number of para-hydroxylation sites is 1. The highest BCUT2D eigenvalue weighted by atomic mass is 28.3. The molecule has 0 bridgehead atoms. The Balaban J connectivity index is 1.41. The van der Waals surface area contributed by atoms with E-state index >= 15 is 0 Å². The number of benzene rings is 9. The van der Waals surface area contributed by atoms with Gasteiger partial charge in [0.15, 0.2) is 8.07 Å². The van der Waals surface area contributed by atoms with Crippen LogP contribution in [0.15, 0.2) is 200 Å². The van der Waals surface area contributed by atoms with Crippen LogP contribution in [0.3, 0.4) is 0 Å². The zero-order valence-corrected chi connectivity index (χ0v) is 28.5. The maximum atomic E-state index is 2.52. The fraction of sp³-hybridized carbons (Fsp3) is 0. The first-order valence-electron chi connectivity index (χ1n) is 17.4. The molecule has 0 aliphatic heterocycles. The monoisotopic (exact) mass is 651 g/mol. The van der Waals surface area contributed by atoms with E-state index in [0.29, 0.717) is 0 Å². The third-order valence-electron chi connectivity index (χ3n) is 10.7. The van der Waals surface area contributed by atoms with E-state index < -0.39 is 8.07 Å². The molecule has 50 heavy (non-hydrogen) atoms. The molecule has 234 valence electrons. The summed E-state index contributed by atoms with van der Waals surface area (Å²) in [6, 6.07) is 74.4. The molecule has 0 saturated carbocycles. The van der Waals surface area contributed by atoms with Crippen LogP contribution >= 0.6 is 0 Å². The number of rotatable bonds is 5. The number of aromatic nitrogens is 1. The molecule has 0 aliphatic carbocycles. The van der Waals surface area contributed by atoms with Crippen molar-refractivity contribution in [1.29, 1.82) is 0 Å². The van der Waals surface area contributed by atoms with E-state index in [-0.39, 0.29) is 0 Å². The van der Waals surface area contributed by atoms with E-state index in [1.165, 1.54) is 80.6 Å². The van der Waals surface area contributed by atoms with Crippen molar-refractivity contribution in [2.45, 2.75) is 0 Å². The summed E-state index contributed by atoms with van der Waals surface area (Å²) in [4.78, 5) is 0. The first-order chi connectivity index (χ1) is 24.8. The van der Waals surface area contributed by atoms with Crippen molar-refractivity contribution < 1.29 is 0 Å². The van der Waals surface area contributed by atoms with Crippen LogP contribution in [0.1, 0.15) is 0 Å². The van der Waals surface area contributed by atoms with Crippen LogP contribution < -0.4 is 20.7 Å². The number of nitrogens with zero attached hydrogens (tertiary/aromatic N) is 1. The molecular weight excluding hydrogens is 619 g/mol. The lowest BCUT2D eigenvalue weighted by Gasteiger charge is -2.34. The standard InChI is InChI=1S/C48H33NSi/c1-5-17-34(18-6-1)49-45-32-31-43-41-27-14-13-25-39(41)40-26-15-16-28-42(40)47(43)48(45)44-30-29-38(33-46(44)49)50(35-19-7-2-8-20-35,36-21-9-3-10-22-36)37-23-11-4-12-24-37/h1-33H. The normalized spacial score (nSPS) is 12.0. The third-order valence-corrected chi connectivity index (χ3v) is 15.5. The maximum Gasteiger partial charge on any atom is 0.179 e. The van der Waals surface area contributed by atoms with Crippen LogP contribution in [0.4, 0.5) is 0 Å². The van der Waals surface area contributed by atoms with E-state index in [1.807, 2.05) is 0 Å². The summed E-state index contributed by atoms with van der Waals surface area (Å²) in [7, 11) is -2.74. The van der Waals surface area contributed by atoms with Gasteiger partial charge in [-0.05, 0) is 71.9 Å². The highest BCUT2D eigenvalue weighted by molar-refractivity contribution is 7.20. The minimum absolute atomic E-state index is 1.17. The van der Waals surface area contributed by atoms with E-state index in [2.05, 4.69) is 205 Å². The van der Waals surface area contributed by atoms with Gasteiger partial charge in [-0.2, -0.15) is 0 Å². The molecule has 2 heteroatoms. The lowest BCUT2D eigenvalue weighted by atomic mass is 9.92. The van der Waals surface area contributed by atoms with Gasteiger partial charge in [0.05, 0.1) is 11.0 Å². The lowest BCUT2D eigenvalue weighted by Crippen LogP contribution is -2.74. The smallest absolute Gasteiger partial charge is 0.179 e. The number of hydrogen-bond acceptors (Lipinski definition) is 0. The summed E-state index contributed by atoms with van der Waals surface area (Å²) in [6.07, 6.45) is 0. The van der Waals surface area contributed by atoms with Gasteiger partial charge < -0.3 is 4.57 Å². The van der Waals surface area contributed by atoms with Crippen LogP contribution in [0.25, 0.3) is 59.8 Å². The van der Waals surface area contributed by atoms with Gasteiger partial charge in [0.2, 0.25) is 0 Å². The predicted molar refractivity (Wildman–Crippen MR) is 217 cm³/mol. The van der Waals surface area contributed by atoms with Gasteiger partial charge in [-0.1, -0.05) is 176 Å². The average molecular weight is 652 g/mol. The van der Waals surface area contributed by atoms with E-state index in [9.17, 15) is 0 Å². The average Bonchev–Trinajstić information content (AvgIpc) is 3.54. The number of hydrogen-bond donors (Lipinski definition) is 0. The first kappa shape index (κ1) is 28.8. The lowest BCUT2D eigenvalue weighted by molar-refractivity contribution is 1.18. The molecule has 0 saturated heterocycles. The molecule has 0 aliphatic rings. The molecule has 10 aromatic rings. The Bertz CT molecular complexity index is 2710. The van der Waals surface area contributed by atoms with Crippen molar-refractivity contribution in [3.63, 3.8) is 0 Å². The minimum atomic E-state index is -2.74. The van der Waals surface area contributed by atoms with Crippen molar-refractivity contribution in [2.24, 2.45) is 0 Å². The Morgan fingerprint density at radius 1 is 0.280 bits per heavy atom. The van der Waals surface area contributed by atoms with Crippen molar-refractivity contribution in [3.8, 4) is 5.69 Å². The van der Waals surface area contributed by atoms with Crippen molar-refractivity contribution >= 4 is 82.9 Å². The second-order valence-electron chi connectivity index (χ2n) is 13.2.